The number of phenols is 1. The Morgan fingerprint density at radius 2 is 2.15 bits per heavy atom. The highest BCUT2D eigenvalue weighted by Crippen LogP contribution is 2.29. The first-order valence-electron chi connectivity index (χ1n) is 5.77. The van der Waals surface area contributed by atoms with Crippen LogP contribution in [0.3, 0.4) is 0 Å². The van der Waals surface area contributed by atoms with Crippen molar-refractivity contribution in [3.05, 3.63) is 28.3 Å². The van der Waals surface area contributed by atoms with Crippen LogP contribution in [-0.2, 0) is 14.6 Å². The lowest BCUT2D eigenvalue weighted by Crippen LogP contribution is -2.23. The molecule has 0 saturated carbocycles. The fourth-order valence-electron chi connectivity index (χ4n) is 1.98. The molecular formula is C11H12N2O6S. The van der Waals surface area contributed by atoms with Gasteiger partial charge in [0.25, 0.3) is 5.69 Å². The number of nitrogens with one attached hydrogen (secondary N) is 1. The molecule has 0 aromatic heterocycles. The monoisotopic (exact) mass is 300 g/mol. The highest BCUT2D eigenvalue weighted by atomic mass is 32.2. The summed E-state index contributed by atoms with van der Waals surface area (Å²) in [5.74, 6) is -1.86. The molecule has 1 aromatic carbocycles. The molecule has 1 aliphatic heterocycles. The number of non-ortho nitro benzene ring substituents is 1. The van der Waals surface area contributed by atoms with Crippen LogP contribution < -0.4 is 5.32 Å². The molecule has 0 radical (unpaired) electrons. The summed E-state index contributed by atoms with van der Waals surface area (Å²) in [6.45, 7) is 0. The van der Waals surface area contributed by atoms with Gasteiger partial charge in [-0.3, -0.25) is 14.9 Å². The van der Waals surface area contributed by atoms with E-state index in [1.807, 2.05) is 0 Å². The number of amides is 1. The van der Waals surface area contributed by atoms with E-state index in [2.05, 4.69) is 5.32 Å². The average Bonchev–Trinajstić information content (AvgIpc) is 2.72. The Kier molecular flexibility index (Phi) is 3.62. The maximum Gasteiger partial charge on any atom is 0.273 e. The SMILES string of the molecule is O=C(Nc1ccc([N+](=O)[O-])cc1O)C1CCS(=O)(=O)C1. The van der Waals surface area contributed by atoms with Crippen molar-refractivity contribution < 1.29 is 23.2 Å². The molecule has 2 rings (SSSR count). The first-order valence-corrected chi connectivity index (χ1v) is 7.59. The zero-order valence-electron chi connectivity index (χ0n) is 10.3. The molecule has 1 saturated heterocycles. The normalized spacial score (nSPS) is 20.5. The lowest BCUT2D eigenvalue weighted by molar-refractivity contribution is -0.384. The molecule has 20 heavy (non-hydrogen) atoms. The summed E-state index contributed by atoms with van der Waals surface area (Å²) in [5.41, 5.74) is -0.283. The quantitative estimate of drug-likeness (QED) is 0.480. The minimum absolute atomic E-state index is 0.0184. The minimum atomic E-state index is -3.17. The van der Waals surface area contributed by atoms with Crippen LogP contribution in [-0.4, -0.2) is 35.9 Å². The summed E-state index contributed by atoms with van der Waals surface area (Å²) in [4.78, 5) is 21.7. The Balaban J connectivity index is 2.11. The third-order valence-corrected chi connectivity index (χ3v) is 4.82. The Morgan fingerprint density at radius 3 is 2.65 bits per heavy atom. The minimum Gasteiger partial charge on any atom is -0.506 e. The lowest BCUT2D eigenvalue weighted by Gasteiger charge is -2.10. The summed E-state index contributed by atoms with van der Waals surface area (Å²) >= 11 is 0. The number of carbonyl (C=O) groups excluding carboxylic acids is 1. The number of nitrogens with zero attached hydrogens (tertiary/aromatic N) is 1. The van der Waals surface area contributed by atoms with Crippen molar-refractivity contribution in [3.8, 4) is 5.75 Å². The Hall–Kier alpha value is -2.16. The molecule has 2 N–H and O–H groups in total. The van der Waals surface area contributed by atoms with E-state index in [0.717, 1.165) is 12.1 Å². The van der Waals surface area contributed by atoms with Crippen LogP contribution in [0, 0.1) is 16.0 Å². The molecule has 9 heteroatoms. The third kappa shape index (κ3) is 3.05. The second-order valence-corrected chi connectivity index (χ2v) is 6.78. The van der Waals surface area contributed by atoms with Gasteiger partial charge in [-0.25, -0.2) is 8.42 Å². The van der Waals surface area contributed by atoms with Crippen molar-refractivity contribution in [2.75, 3.05) is 16.8 Å². The molecule has 0 spiro atoms. The van der Waals surface area contributed by atoms with Crippen molar-refractivity contribution in [1.82, 2.24) is 0 Å². The fourth-order valence-corrected chi connectivity index (χ4v) is 3.72. The first kappa shape index (κ1) is 14.3. The van der Waals surface area contributed by atoms with Crippen molar-refractivity contribution in [3.63, 3.8) is 0 Å². The van der Waals surface area contributed by atoms with E-state index in [9.17, 15) is 28.4 Å². The van der Waals surface area contributed by atoms with Crippen LogP contribution in [0.1, 0.15) is 6.42 Å². The van der Waals surface area contributed by atoms with E-state index in [0.29, 0.717) is 0 Å². The van der Waals surface area contributed by atoms with Crippen molar-refractivity contribution in [2.24, 2.45) is 5.92 Å². The van der Waals surface area contributed by atoms with Gasteiger partial charge in [0.1, 0.15) is 5.75 Å². The van der Waals surface area contributed by atoms with Gasteiger partial charge in [0.15, 0.2) is 9.84 Å². The van der Waals surface area contributed by atoms with Gasteiger partial charge in [-0.1, -0.05) is 0 Å². The van der Waals surface area contributed by atoms with E-state index in [1.165, 1.54) is 6.07 Å². The number of anilines is 1. The number of nitro groups is 1. The van der Waals surface area contributed by atoms with Gasteiger partial charge in [-0.05, 0) is 12.5 Å². The molecule has 1 aromatic rings. The van der Waals surface area contributed by atoms with Gasteiger partial charge in [-0.15, -0.1) is 0 Å². The predicted octanol–water partition coefficient (Wildman–Crippen LogP) is 0.674. The maximum absolute atomic E-state index is 11.9. The molecule has 1 aliphatic rings. The zero-order chi connectivity index (χ0) is 14.9. The largest absolute Gasteiger partial charge is 0.506 e. The summed E-state index contributed by atoms with van der Waals surface area (Å²) in [5, 5.41) is 22.5. The molecule has 1 atom stereocenters. The number of hydrogen-bond acceptors (Lipinski definition) is 6. The summed E-state index contributed by atoms with van der Waals surface area (Å²) in [7, 11) is -3.17. The summed E-state index contributed by atoms with van der Waals surface area (Å²) in [6.07, 6.45) is 0.238. The van der Waals surface area contributed by atoms with E-state index in [-0.39, 0.29) is 29.3 Å². The summed E-state index contributed by atoms with van der Waals surface area (Å²) < 4.78 is 22.6. The number of phenolic OH excluding ortho intramolecular Hbond substituents is 1. The maximum atomic E-state index is 11.9. The number of aromatic hydroxyl groups is 1. The third-order valence-electron chi connectivity index (χ3n) is 3.05. The standard InChI is InChI=1S/C11H12N2O6S/c14-10-5-8(13(16)17)1-2-9(10)12-11(15)7-3-4-20(18,19)6-7/h1-2,5,7,14H,3-4,6H2,(H,12,15). The van der Waals surface area contributed by atoms with Crippen molar-refractivity contribution in [2.45, 2.75) is 6.42 Å². The zero-order valence-corrected chi connectivity index (χ0v) is 11.1. The van der Waals surface area contributed by atoms with E-state index in [1.54, 1.807) is 0 Å². The van der Waals surface area contributed by atoms with Gasteiger partial charge >= 0.3 is 0 Å². The first-order chi connectivity index (χ1) is 9.28. The second-order valence-electron chi connectivity index (χ2n) is 4.55. The van der Waals surface area contributed by atoms with Crippen LogP contribution in [0.25, 0.3) is 0 Å². The molecule has 1 heterocycles. The van der Waals surface area contributed by atoms with Crippen molar-refractivity contribution in [1.29, 1.82) is 0 Å². The number of nitro benzene ring substituents is 1. The molecular weight excluding hydrogens is 288 g/mol. The number of hydrogen-bond donors (Lipinski definition) is 2. The van der Waals surface area contributed by atoms with Crippen LogP contribution >= 0.6 is 0 Å². The topological polar surface area (TPSA) is 127 Å². The van der Waals surface area contributed by atoms with Gasteiger partial charge < -0.3 is 10.4 Å². The molecule has 1 unspecified atom stereocenters. The van der Waals surface area contributed by atoms with Crippen LogP contribution in [0.5, 0.6) is 5.75 Å². The Morgan fingerprint density at radius 1 is 1.45 bits per heavy atom. The van der Waals surface area contributed by atoms with Crippen molar-refractivity contribution >= 4 is 27.1 Å². The average molecular weight is 300 g/mol. The molecule has 0 bridgehead atoms. The smallest absolute Gasteiger partial charge is 0.273 e. The number of sulfone groups is 1. The van der Waals surface area contributed by atoms with E-state index in [4.69, 9.17) is 0 Å². The van der Waals surface area contributed by atoms with Gasteiger partial charge in [0.2, 0.25) is 5.91 Å². The highest BCUT2D eigenvalue weighted by Gasteiger charge is 2.33. The van der Waals surface area contributed by atoms with Crippen LogP contribution in [0.15, 0.2) is 18.2 Å². The van der Waals surface area contributed by atoms with E-state index >= 15 is 0 Å². The predicted molar refractivity (Wildman–Crippen MR) is 70.2 cm³/mol. The number of rotatable bonds is 3. The molecule has 1 amide bonds. The molecule has 1 fully saturated rings. The lowest BCUT2D eigenvalue weighted by atomic mass is 10.1. The molecule has 8 nitrogen and oxygen atoms in total. The Bertz CT molecular complexity index is 669. The van der Waals surface area contributed by atoms with Gasteiger partial charge in [0, 0.05) is 6.07 Å². The number of carbonyl (C=O) groups is 1. The fraction of sp³-hybridized carbons (Fsp3) is 0.364. The summed E-state index contributed by atoms with van der Waals surface area (Å²) in [6, 6.07) is 3.26. The van der Waals surface area contributed by atoms with Crippen LogP contribution in [0.2, 0.25) is 0 Å². The van der Waals surface area contributed by atoms with Gasteiger partial charge in [-0.2, -0.15) is 0 Å². The van der Waals surface area contributed by atoms with E-state index < -0.39 is 32.3 Å². The number of benzene rings is 1. The molecule has 0 aliphatic carbocycles. The van der Waals surface area contributed by atoms with Crippen LogP contribution in [0.4, 0.5) is 11.4 Å². The second kappa shape index (κ2) is 5.08. The van der Waals surface area contributed by atoms with Gasteiger partial charge in [0.05, 0.1) is 34.1 Å². The molecule has 108 valence electrons. The highest BCUT2D eigenvalue weighted by molar-refractivity contribution is 7.91. The Labute approximate surface area is 114 Å².